The third-order valence-electron chi connectivity index (χ3n) is 2.34. The van der Waals surface area contributed by atoms with E-state index < -0.39 is 0 Å². The predicted octanol–water partition coefficient (Wildman–Crippen LogP) is 5.94. The maximum Gasteiger partial charge on any atom is 0.0895 e. The van der Waals surface area contributed by atoms with Crippen molar-refractivity contribution in [1.29, 1.82) is 0 Å². The molecule has 0 amide bonds. The average molecular weight is 378 g/mol. The topological polar surface area (TPSA) is 0 Å². The molecule has 0 radical (unpaired) electrons. The van der Waals surface area contributed by atoms with Gasteiger partial charge in [0.2, 0.25) is 0 Å². The highest BCUT2D eigenvalue weighted by molar-refractivity contribution is 9.11. The van der Waals surface area contributed by atoms with Crippen LogP contribution in [0.25, 0.3) is 9.40 Å². The van der Waals surface area contributed by atoms with Crippen LogP contribution in [0.4, 0.5) is 0 Å². The molecule has 0 unspecified atom stereocenters. The first-order chi connectivity index (χ1) is 7.69. The van der Waals surface area contributed by atoms with E-state index in [9.17, 15) is 0 Å². The van der Waals surface area contributed by atoms with E-state index in [-0.39, 0.29) is 0 Å². The molecule has 84 valence electrons. The minimum atomic E-state index is 0.911. The van der Waals surface area contributed by atoms with Crippen LogP contribution in [0.5, 0.6) is 0 Å². The molecule has 0 aliphatic carbocycles. The van der Waals surface area contributed by atoms with Crippen LogP contribution < -0.4 is 0 Å². The van der Waals surface area contributed by atoms with E-state index >= 15 is 0 Å². The number of halogens is 2. The van der Waals surface area contributed by atoms with Crippen molar-refractivity contribution in [2.45, 2.75) is 12.8 Å². The van der Waals surface area contributed by atoms with E-state index in [4.69, 9.17) is 0 Å². The van der Waals surface area contributed by atoms with Gasteiger partial charge in [-0.3, -0.25) is 0 Å². The van der Waals surface area contributed by atoms with E-state index in [1.807, 2.05) is 12.2 Å². The Labute approximate surface area is 120 Å². The Bertz CT molecular complexity index is 503. The first-order valence-electron chi connectivity index (χ1n) is 4.78. The Kier molecular flexibility index (Phi) is 4.06. The van der Waals surface area contributed by atoms with Gasteiger partial charge in [-0.2, -0.15) is 0 Å². The van der Waals surface area contributed by atoms with Gasteiger partial charge in [0, 0.05) is 5.39 Å². The fourth-order valence-electron chi connectivity index (χ4n) is 1.69. The van der Waals surface area contributed by atoms with Gasteiger partial charge in [-0.15, -0.1) is 35.8 Å². The molecule has 4 heteroatoms. The Hall–Kier alpha value is 0.1000. The summed E-state index contributed by atoms with van der Waals surface area (Å²) in [7, 11) is 0. The first-order valence-corrected chi connectivity index (χ1v) is 8.00. The zero-order valence-corrected chi connectivity index (χ0v) is 13.4. The summed E-state index contributed by atoms with van der Waals surface area (Å²) < 4.78 is 3.82. The van der Waals surface area contributed by atoms with Gasteiger partial charge in [-0.25, -0.2) is 0 Å². The zero-order chi connectivity index (χ0) is 11.7. The lowest BCUT2D eigenvalue weighted by Gasteiger charge is -1.99. The minimum Gasteiger partial charge on any atom is -0.117 e. The highest BCUT2D eigenvalue weighted by Gasteiger charge is 2.17. The van der Waals surface area contributed by atoms with Crippen LogP contribution in [0.3, 0.4) is 0 Å². The molecule has 0 atom stereocenters. The molecule has 2 rings (SSSR count). The first kappa shape index (κ1) is 12.6. The summed E-state index contributed by atoms with van der Waals surface area (Å²) in [5.74, 6) is 0. The van der Waals surface area contributed by atoms with Crippen molar-refractivity contribution < 1.29 is 0 Å². The van der Waals surface area contributed by atoms with Crippen LogP contribution in [0.2, 0.25) is 0 Å². The Morgan fingerprint density at radius 2 is 1.38 bits per heavy atom. The minimum absolute atomic E-state index is 0.911. The Morgan fingerprint density at radius 1 is 0.938 bits per heavy atom. The summed E-state index contributed by atoms with van der Waals surface area (Å²) in [4.78, 5) is 0. The molecule has 2 heterocycles. The lowest BCUT2D eigenvalue weighted by molar-refractivity contribution is 1.27. The van der Waals surface area contributed by atoms with Gasteiger partial charge >= 0.3 is 0 Å². The van der Waals surface area contributed by atoms with E-state index in [0.717, 1.165) is 12.8 Å². The highest BCUT2D eigenvalue weighted by atomic mass is 79.9. The lowest BCUT2D eigenvalue weighted by atomic mass is 10.1. The molecule has 0 spiro atoms. The molecule has 0 fully saturated rings. The molecule has 0 aliphatic heterocycles. The summed E-state index contributed by atoms with van der Waals surface area (Å²) in [5.41, 5.74) is 2.71. The molecule has 2 aromatic heterocycles. The van der Waals surface area contributed by atoms with Crippen molar-refractivity contribution >= 4 is 63.9 Å². The SMILES string of the molecule is C=CCc1c(Br)sc2sc(Br)c(CC=C)c12. The van der Waals surface area contributed by atoms with Gasteiger partial charge < -0.3 is 0 Å². The fourth-order valence-corrected chi connectivity index (χ4v) is 6.33. The fraction of sp³-hybridized carbons (Fsp3) is 0.167. The number of rotatable bonds is 4. The van der Waals surface area contributed by atoms with E-state index in [0.29, 0.717) is 0 Å². The second-order valence-electron chi connectivity index (χ2n) is 3.36. The number of fused-ring (bicyclic) bond motifs is 1. The van der Waals surface area contributed by atoms with E-state index in [1.54, 1.807) is 22.7 Å². The summed E-state index contributed by atoms with van der Waals surface area (Å²) in [5, 5.41) is 1.38. The summed E-state index contributed by atoms with van der Waals surface area (Å²) in [6.45, 7) is 7.64. The van der Waals surface area contributed by atoms with Gasteiger partial charge in [-0.05, 0) is 55.8 Å². The number of allylic oxidation sites excluding steroid dienone is 2. The van der Waals surface area contributed by atoms with Crippen LogP contribution in [-0.4, -0.2) is 0 Å². The van der Waals surface area contributed by atoms with Crippen molar-refractivity contribution in [1.82, 2.24) is 0 Å². The molecule has 0 nitrogen and oxygen atoms in total. The number of hydrogen-bond acceptors (Lipinski definition) is 2. The Morgan fingerprint density at radius 3 is 1.75 bits per heavy atom. The van der Waals surface area contributed by atoms with E-state index in [2.05, 4.69) is 45.0 Å². The van der Waals surface area contributed by atoms with Gasteiger partial charge in [0.1, 0.15) is 0 Å². The predicted molar refractivity (Wildman–Crippen MR) is 82.9 cm³/mol. The molecule has 0 aromatic carbocycles. The maximum absolute atomic E-state index is 3.82. The van der Waals surface area contributed by atoms with Crippen LogP contribution >= 0.6 is 54.5 Å². The molecule has 0 aliphatic rings. The van der Waals surface area contributed by atoms with E-state index in [1.165, 1.54) is 28.1 Å². The van der Waals surface area contributed by atoms with Gasteiger partial charge in [0.25, 0.3) is 0 Å². The third kappa shape index (κ3) is 2.08. The van der Waals surface area contributed by atoms with Crippen molar-refractivity contribution in [3.8, 4) is 0 Å². The highest BCUT2D eigenvalue weighted by Crippen LogP contribution is 2.46. The second-order valence-corrected chi connectivity index (χ2v) is 8.29. The molecular formula is C12H10Br2S2. The average Bonchev–Trinajstić information content (AvgIpc) is 2.68. The smallest absolute Gasteiger partial charge is 0.0895 e. The molecular weight excluding hydrogens is 368 g/mol. The lowest BCUT2D eigenvalue weighted by Crippen LogP contribution is -1.83. The monoisotopic (exact) mass is 376 g/mol. The molecule has 16 heavy (non-hydrogen) atoms. The van der Waals surface area contributed by atoms with Crippen molar-refractivity contribution in [3.05, 3.63) is 44.0 Å². The van der Waals surface area contributed by atoms with Crippen LogP contribution in [0.15, 0.2) is 32.9 Å². The standard InChI is InChI=1S/C12H10Br2S2/c1-3-5-7-9-8(6-4-2)11(14)16-12(9)15-10(7)13/h3-4H,1-2,5-6H2. The molecule has 0 saturated carbocycles. The normalized spacial score (nSPS) is 10.9. The van der Waals surface area contributed by atoms with Crippen LogP contribution in [-0.2, 0) is 12.8 Å². The Balaban J connectivity index is 2.71. The molecule has 0 N–H and O–H groups in total. The van der Waals surface area contributed by atoms with Gasteiger partial charge in [0.15, 0.2) is 0 Å². The summed E-state index contributed by atoms with van der Waals surface area (Å²) in [6.07, 6.45) is 5.73. The van der Waals surface area contributed by atoms with Gasteiger partial charge in [-0.1, -0.05) is 12.2 Å². The molecule has 0 saturated heterocycles. The number of hydrogen-bond donors (Lipinski definition) is 0. The largest absolute Gasteiger partial charge is 0.117 e. The van der Waals surface area contributed by atoms with Crippen molar-refractivity contribution in [2.24, 2.45) is 0 Å². The second kappa shape index (κ2) is 5.17. The molecule has 0 bridgehead atoms. The van der Waals surface area contributed by atoms with Crippen LogP contribution in [0.1, 0.15) is 11.1 Å². The molecule has 2 aromatic rings. The summed E-state index contributed by atoms with van der Waals surface area (Å²) in [6, 6.07) is 0. The zero-order valence-electron chi connectivity index (χ0n) is 8.56. The van der Waals surface area contributed by atoms with Crippen molar-refractivity contribution in [2.75, 3.05) is 0 Å². The van der Waals surface area contributed by atoms with Gasteiger partial charge in [0.05, 0.1) is 11.6 Å². The van der Waals surface area contributed by atoms with Crippen molar-refractivity contribution in [3.63, 3.8) is 0 Å². The number of thiophene rings is 2. The quantitative estimate of drug-likeness (QED) is 0.578. The summed E-state index contributed by atoms with van der Waals surface area (Å²) >= 11 is 10.9. The van der Waals surface area contributed by atoms with Crippen LogP contribution in [0, 0.1) is 0 Å². The third-order valence-corrected chi connectivity index (χ3v) is 6.40. The maximum atomic E-state index is 3.82.